The van der Waals surface area contributed by atoms with E-state index in [4.69, 9.17) is 0 Å². The SMILES string of the molecule is C=CSC(=NCC)C1CCCN1C. The minimum Gasteiger partial charge on any atom is -0.297 e. The summed E-state index contributed by atoms with van der Waals surface area (Å²) in [6.07, 6.45) is 2.54. The van der Waals surface area contributed by atoms with E-state index >= 15 is 0 Å². The molecule has 13 heavy (non-hydrogen) atoms. The van der Waals surface area contributed by atoms with Crippen LogP contribution in [0.2, 0.25) is 0 Å². The highest BCUT2D eigenvalue weighted by molar-refractivity contribution is 8.16. The van der Waals surface area contributed by atoms with Crippen LogP contribution < -0.4 is 0 Å². The van der Waals surface area contributed by atoms with Gasteiger partial charge in [0.05, 0.1) is 11.1 Å². The van der Waals surface area contributed by atoms with Gasteiger partial charge in [0.2, 0.25) is 0 Å². The monoisotopic (exact) mass is 198 g/mol. The average Bonchev–Trinajstić information content (AvgIpc) is 2.51. The molecule has 0 aliphatic carbocycles. The van der Waals surface area contributed by atoms with Crippen molar-refractivity contribution in [3.8, 4) is 0 Å². The van der Waals surface area contributed by atoms with E-state index < -0.39 is 0 Å². The molecule has 0 N–H and O–H groups in total. The van der Waals surface area contributed by atoms with Gasteiger partial charge in [-0.3, -0.25) is 9.89 Å². The van der Waals surface area contributed by atoms with E-state index in [2.05, 4.69) is 30.4 Å². The van der Waals surface area contributed by atoms with Crippen LogP contribution in [0, 0.1) is 0 Å². The van der Waals surface area contributed by atoms with Crippen LogP contribution in [0.25, 0.3) is 0 Å². The van der Waals surface area contributed by atoms with Crippen LogP contribution in [0.4, 0.5) is 0 Å². The summed E-state index contributed by atoms with van der Waals surface area (Å²) in [5, 5.41) is 3.11. The zero-order valence-corrected chi connectivity index (χ0v) is 9.31. The summed E-state index contributed by atoms with van der Waals surface area (Å²) in [6.45, 7) is 7.90. The Bertz CT molecular complexity index is 201. The Kier molecular flexibility index (Phi) is 4.53. The molecule has 0 bridgehead atoms. The average molecular weight is 198 g/mol. The standard InChI is InChI=1S/C10H18N2S/c1-4-11-10(13-5-2)9-7-6-8-12(9)3/h5,9H,2,4,6-8H2,1,3H3. The number of thioether (sulfide) groups is 1. The maximum atomic E-state index is 4.51. The highest BCUT2D eigenvalue weighted by atomic mass is 32.2. The lowest BCUT2D eigenvalue weighted by Crippen LogP contribution is -2.31. The quantitative estimate of drug-likeness (QED) is 0.511. The number of rotatable bonds is 3. The second-order valence-corrected chi connectivity index (χ2v) is 4.22. The summed E-state index contributed by atoms with van der Waals surface area (Å²) in [4.78, 5) is 6.89. The summed E-state index contributed by atoms with van der Waals surface area (Å²) < 4.78 is 0. The molecule has 0 spiro atoms. The topological polar surface area (TPSA) is 15.6 Å². The van der Waals surface area contributed by atoms with Gasteiger partial charge in [0.1, 0.15) is 0 Å². The van der Waals surface area contributed by atoms with Crippen molar-refractivity contribution in [2.45, 2.75) is 25.8 Å². The normalized spacial score (nSPS) is 25.1. The molecular weight excluding hydrogens is 180 g/mol. The van der Waals surface area contributed by atoms with Crippen molar-refractivity contribution in [2.75, 3.05) is 20.1 Å². The molecule has 1 aliphatic heterocycles. The van der Waals surface area contributed by atoms with Gasteiger partial charge in [-0.1, -0.05) is 18.3 Å². The van der Waals surface area contributed by atoms with E-state index in [1.807, 2.05) is 5.41 Å². The molecule has 1 heterocycles. The predicted octanol–water partition coefficient (Wildman–Crippen LogP) is 2.38. The smallest absolute Gasteiger partial charge is 0.0889 e. The number of hydrogen-bond donors (Lipinski definition) is 0. The van der Waals surface area contributed by atoms with Crippen LogP contribution in [-0.4, -0.2) is 36.1 Å². The molecule has 2 nitrogen and oxygen atoms in total. The summed E-state index contributed by atoms with van der Waals surface area (Å²) in [5.41, 5.74) is 0. The van der Waals surface area contributed by atoms with Crippen molar-refractivity contribution in [3.05, 3.63) is 12.0 Å². The van der Waals surface area contributed by atoms with Gasteiger partial charge in [-0.25, -0.2) is 0 Å². The molecule has 0 aromatic carbocycles. The zero-order valence-electron chi connectivity index (χ0n) is 8.49. The summed E-state index contributed by atoms with van der Waals surface area (Å²) in [6, 6.07) is 0.544. The third kappa shape index (κ3) is 2.85. The molecule has 0 radical (unpaired) electrons. The summed E-state index contributed by atoms with van der Waals surface area (Å²) in [7, 11) is 2.17. The number of aliphatic imine (C=N–C) groups is 1. The molecule has 1 atom stereocenters. The molecule has 1 aliphatic rings. The van der Waals surface area contributed by atoms with E-state index in [0.29, 0.717) is 6.04 Å². The lowest BCUT2D eigenvalue weighted by Gasteiger charge is -2.19. The van der Waals surface area contributed by atoms with E-state index in [0.717, 1.165) is 6.54 Å². The maximum Gasteiger partial charge on any atom is 0.0889 e. The highest BCUT2D eigenvalue weighted by Crippen LogP contribution is 2.22. The Morgan fingerprint density at radius 3 is 3.00 bits per heavy atom. The van der Waals surface area contributed by atoms with E-state index in [1.165, 1.54) is 24.4 Å². The van der Waals surface area contributed by atoms with Crippen LogP contribution in [-0.2, 0) is 0 Å². The minimum absolute atomic E-state index is 0.544. The first-order valence-corrected chi connectivity index (χ1v) is 5.69. The van der Waals surface area contributed by atoms with Gasteiger partial charge in [-0.15, -0.1) is 0 Å². The lowest BCUT2D eigenvalue weighted by molar-refractivity contribution is 0.375. The highest BCUT2D eigenvalue weighted by Gasteiger charge is 2.25. The van der Waals surface area contributed by atoms with Crippen molar-refractivity contribution in [3.63, 3.8) is 0 Å². The van der Waals surface area contributed by atoms with E-state index in [9.17, 15) is 0 Å². The van der Waals surface area contributed by atoms with Crippen LogP contribution >= 0.6 is 11.8 Å². The molecule has 1 saturated heterocycles. The number of hydrogen-bond acceptors (Lipinski definition) is 3. The molecule has 0 amide bonds. The Morgan fingerprint density at radius 2 is 2.54 bits per heavy atom. The molecule has 1 rings (SSSR count). The first-order valence-electron chi connectivity index (χ1n) is 4.81. The second-order valence-electron chi connectivity index (χ2n) is 3.24. The maximum absolute atomic E-state index is 4.51. The van der Waals surface area contributed by atoms with Gasteiger partial charge < -0.3 is 0 Å². The molecule has 1 fully saturated rings. The molecular formula is C10H18N2S. The van der Waals surface area contributed by atoms with Crippen LogP contribution in [0.15, 0.2) is 17.0 Å². The van der Waals surface area contributed by atoms with Crippen molar-refractivity contribution in [2.24, 2.45) is 4.99 Å². The van der Waals surface area contributed by atoms with Gasteiger partial charge >= 0.3 is 0 Å². The predicted molar refractivity (Wildman–Crippen MR) is 61.4 cm³/mol. The zero-order chi connectivity index (χ0) is 9.68. The largest absolute Gasteiger partial charge is 0.297 e. The Labute approximate surface area is 85.1 Å². The Morgan fingerprint density at radius 1 is 1.77 bits per heavy atom. The van der Waals surface area contributed by atoms with E-state index in [1.54, 1.807) is 11.8 Å². The third-order valence-electron chi connectivity index (χ3n) is 2.32. The molecule has 74 valence electrons. The van der Waals surface area contributed by atoms with Gasteiger partial charge in [0.15, 0.2) is 0 Å². The fraction of sp³-hybridized carbons (Fsp3) is 0.700. The third-order valence-corrected chi connectivity index (χ3v) is 3.13. The fourth-order valence-corrected chi connectivity index (χ4v) is 2.51. The minimum atomic E-state index is 0.544. The van der Waals surface area contributed by atoms with Crippen molar-refractivity contribution in [1.29, 1.82) is 0 Å². The van der Waals surface area contributed by atoms with E-state index in [-0.39, 0.29) is 0 Å². The first-order chi connectivity index (χ1) is 6.29. The molecule has 0 aromatic heterocycles. The molecule has 3 heteroatoms. The van der Waals surface area contributed by atoms with Crippen molar-refractivity contribution >= 4 is 16.8 Å². The van der Waals surface area contributed by atoms with Crippen molar-refractivity contribution in [1.82, 2.24) is 4.90 Å². The van der Waals surface area contributed by atoms with Crippen molar-refractivity contribution < 1.29 is 0 Å². The first kappa shape index (κ1) is 10.8. The second kappa shape index (κ2) is 5.45. The van der Waals surface area contributed by atoms with Gasteiger partial charge in [-0.05, 0) is 38.8 Å². The summed E-state index contributed by atoms with van der Waals surface area (Å²) >= 11 is 1.67. The van der Waals surface area contributed by atoms with Gasteiger partial charge in [-0.2, -0.15) is 0 Å². The molecule has 0 aromatic rings. The van der Waals surface area contributed by atoms with Gasteiger partial charge in [0.25, 0.3) is 0 Å². The molecule has 0 saturated carbocycles. The number of likely N-dealkylation sites (tertiary alicyclic amines) is 1. The van der Waals surface area contributed by atoms with Gasteiger partial charge in [0, 0.05) is 6.54 Å². The molecule has 1 unspecified atom stereocenters. The summed E-state index contributed by atoms with van der Waals surface area (Å²) in [5.74, 6) is 0. The Hall–Kier alpha value is -0.280. The fourth-order valence-electron chi connectivity index (χ4n) is 1.68. The lowest BCUT2D eigenvalue weighted by atomic mass is 10.2. The number of nitrogens with zero attached hydrogens (tertiary/aromatic N) is 2. The van der Waals surface area contributed by atoms with Crippen LogP contribution in [0.1, 0.15) is 19.8 Å². The van der Waals surface area contributed by atoms with Crippen LogP contribution in [0.3, 0.4) is 0 Å². The Balaban J connectivity index is 2.63. The van der Waals surface area contributed by atoms with Crippen LogP contribution in [0.5, 0.6) is 0 Å².